The van der Waals surface area contributed by atoms with Crippen molar-refractivity contribution < 1.29 is 18.3 Å². The van der Waals surface area contributed by atoms with E-state index >= 15 is 0 Å². The summed E-state index contributed by atoms with van der Waals surface area (Å²) in [4.78, 5) is 13.5. The van der Waals surface area contributed by atoms with Crippen molar-refractivity contribution in [2.75, 3.05) is 24.6 Å². The molecular formula is C18H26N2O4S. The average molecular weight is 366 g/mol. The molecule has 0 unspecified atom stereocenters. The van der Waals surface area contributed by atoms with Gasteiger partial charge in [0.2, 0.25) is 15.9 Å². The standard InChI is InChI=1S/C18H26N2O4S/c1-14(22)20-10-7-15-11-16(5-6-17(15)20)25(23,24)19-12-18(13-21)8-3-2-4-9-18/h5-6,11,19,21H,2-4,7-10,12-13H2,1H3. The van der Waals surface area contributed by atoms with Gasteiger partial charge in [-0.2, -0.15) is 0 Å². The molecule has 0 aromatic heterocycles. The highest BCUT2D eigenvalue weighted by Gasteiger charge is 2.33. The van der Waals surface area contributed by atoms with Crippen LogP contribution in [0.4, 0.5) is 5.69 Å². The molecule has 1 aromatic rings. The van der Waals surface area contributed by atoms with E-state index in [1.807, 2.05) is 0 Å². The Kier molecular flexibility index (Phi) is 5.18. The van der Waals surface area contributed by atoms with Gasteiger partial charge in [-0.15, -0.1) is 0 Å². The predicted molar refractivity (Wildman–Crippen MR) is 96.0 cm³/mol. The van der Waals surface area contributed by atoms with Gasteiger partial charge in [0, 0.05) is 37.7 Å². The molecule has 1 aliphatic heterocycles. The zero-order chi connectivity index (χ0) is 18.1. The maximum atomic E-state index is 12.7. The molecule has 1 aliphatic carbocycles. The number of aliphatic hydroxyl groups is 1. The van der Waals surface area contributed by atoms with Gasteiger partial charge in [-0.25, -0.2) is 13.1 Å². The summed E-state index contributed by atoms with van der Waals surface area (Å²) in [6, 6.07) is 4.92. The van der Waals surface area contributed by atoms with Crippen molar-refractivity contribution in [3.8, 4) is 0 Å². The lowest BCUT2D eigenvalue weighted by Crippen LogP contribution is -2.41. The van der Waals surface area contributed by atoms with Crippen LogP contribution in [-0.2, 0) is 21.2 Å². The van der Waals surface area contributed by atoms with Crippen molar-refractivity contribution in [2.24, 2.45) is 5.41 Å². The second kappa shape index (κ2) is 7.05. The molecule has 2 N–H and O–H groups in total. The van der Waals surface area contributed by atoms with Crippen molar-refractivity contribution >= 4 is 21.6 Å². The largest absolute Gasteiger partial charge is 0.396 e. The first-order valence-electron chi connectivity index (χ1n) is 8.88. The Labute approximate surface area is 149 Å². The molecule has 1 aromatic carbocycles. The molecule has 0 saturated heterocycles. The summed E-state index contributed by atoms with van der Waals surface area (Å²) >= 11 is 0. The van der Waals surface area contributed by atoms with Gasteiger partial charge >= 0.3 is 0 Å². The summed E-state index contributed by atoms with van der Waals surface area (Å²) in [6.45, 7) is 2.38. The molecule has 0 atom stereocenters. The second-order valence-corrected chi connectivity index (χ2v) is 9.02. The first-order valence-corrected chi connectivity index (χ1v) is 10.4. The van der Waals surface area contributed by atoms with Crippen LogP contribution in [0, 0.1) is 5.41 Å². The van der Waals surface area contributed by atoms with Crippen LogP contribution in [0.3, 0.4) is 0 Å². The van der Waals surface area contributed by atoms with Gasteiger partial charge in [-0.05, 0) is 43.0 Å². The average Bonchev–Trinajstić information content (AvgIpc) is 3.04. The minimum Gasteiger partial charge on any atom is -0.396 e. The fraction of sp³-hybridized carbons (Fsp3) is 0.611. The van der Waals surface area contributed by atoms with Crippen molar-refractivity contribution in [3.05, 3.63) is 23.8 Å². The van der Waals surface area contributed by atoms with Gasteiger partial charge in [0.25, 0.3) is 0 Å². The monoisotopic (exact) mass is 366 g/mol. The number of amides is 1. The smallest absolute Gasteiger partial charge is 0.240 e. The number of carbonyl (C=O) groups is 1. The third-order valence-corrected chi connectivity index (χ3v) is 6.92. The fourth-order valence-corrected chi connectivity index (χ4v) is 5.10. The summed E-state index contributed by atoms with van der Waals surface area (Å²) in [7, 11) is -3.63. The lowest BCUT2D eigenvalue weighted by molar-refractivity contribution is -0.116. The van der Waals surface area contributed by atoms with E-state index in [4.69, 9.17) is 0 Å². The number of hydrogen-bond donors (Lipinski definition) is 2. The summed E-state index contributed by atoms with van der Waals surface area (Å²) < 4.78 is 28.0. The second-order valence-electron chi connectivity index (χ2n) is 7.25. The molecule has 2 aliphatic rings. The number of hydrogen-bond acceptors (Lipinski definition) is 4. The number of benzene rings is 1. The van der Waals surface area contributed by atoms with Crippen LogP contribution in [0.1, 0.15) is 44.6 Å². The quantitative estimate of drug-likeness (QED) is 0.832. The van der Waals surface area contributed by atoms with E-state index in [2.05, 4.69) is 4.72 Å². The van der Waals surface area contributed by atoms with E-state index < -0.39 is 10.0 Å². The highest BCUT2D eigenvalue weighted by molar-refractivity contribution is 7.89. The van der Waals surface area contributed by atoms with E-state index in [0.717, 1.165) is 43.4 Å². The van der Waals surface area contributed by atoms with Crippen molar-refractivity contribution in [2.45, 2.75) is 50.3 Å². The Balaban J connectivity index is 1.76. The van der Waals surface area contributed by atoms with E-state index in [1.54, 1.807) is 23.1 Å². The number of fused-ring (bicyclic) bond motifs is 1. The number of aliphatic hydroxyl groups excluding tert-OH is 1. The molecule has 0 bridgehead atoms. The minimum absolute atomic E-state index is 0.00722. The predicted octanol–water partition coefficient (Wildman–Crippen LogP) is 1.82. The Hall–Kier alpha value is -1.44. The van der Waals surface area contributed by atoms with E-state index in [-0.39, 0.29) is 29.4 Å². The fourth-order valence-electron chi connectivity index (χ4n) is 3.90. The van der Waals surface area contributed by atoms with Crippen LogP contribution in [-0.4, -0.2) is 39.1 Å². The van der Waals surface area contributed by atoms with E-state index in [1.165, 1.54) is 6.92 Å². The lowest BCUT2D eigenvalue weighted by atomic mass is 9.75. The Bertz CT molecular complexity index is 754. The summed E-state index contributed by atoms with van der Waals surface area (Å²) in [5, 5.41) is 9.74. The van der Waals surface area contributed by atoms with E-state index in [0.29, 0.717) is 13.0 Å². The van der Waals surface area contributed by atoms with Crippen LogP contribution in [0.5, 0.6) is 0 Å². The maximum absolute atomic E-state index is 12.7. The molecule has 7 heteroatoms. The highest BCUT2D eigenvalue weighted by atomic mass is 32.2. The molecular weight excluding hydrogens is 340 g/mol. The summed E-state index contributed by atoms with van der Waals surface area (Å²) in [6.07, 6.45) is 5.57. The normalized spacial score (nSPS) is 19.7. The number of anilines is 1. The molecule has 1 saturated carbocycles. The molecule has 1 amide bonds. The Morgan fingerprint density at radius 3 is 2.64 bits per heavy atom. The van der Waals surface area contributed by atoms with Crippen molar-refractivity contribution in [3.63, 3.8) is 0 Å². The van der Waals surface area contributed by atoms with Gasteiger partial charge < -0.3 is 10.0 Å². The third kappa shape index (κ3) is 3.73. The van der Waals surface area contributed by atoms with Crippen LogP contribution < -0.4 is 9.62 Å². The zero-order valence-electron chi connectivity index (χ0n) is 14.6. The number of nitrogens with zero attached hydrogens (tertiary/aromatic N) is 1. The molecule has 0 spiro atoms. The Morgan fingerprint density at radius 2 is 2.00 bits per heavy atom. The van der Waals surface area contributed by atoms with Gasteiger partial charge in [0.05, 0.1) is 4.90 Å². The van der Waals surface area contributed by atoms with Gasteiger partial charge in [-0.1, -0.05) is 19.3 Å². The third-order valence-electron chi connectivity index (χ3n) is 5.52. The first kappa shape index (κ1) is 18.4. The topological polar surface area (TPSA) is 86.7 Å². The number of sulfonamides is 1. The van der Waals surface area contributed by atoms with Gasteiger partial charge in [0.15, 0.2) is 0 Å². The number of rotatable bonds is 5. The molecule has 0 radical (unpaired) electrons. The van der Waals surface area contributed by atoms with Gasteiger partial charge in [0.1, 0.15) is 0 Å². The molecule has 1 fully saturated rings. The molecule has 3 rings (SSSR count). The van der Waals surface area contributed by atoms with Crippen LogP contribution in [0.25, 0.3) is 0 Å². The van der Waals surface area contributed by atoms with Crippen molar-refractivity contribution in [1.29, 1.82) is 0 Å². The SMILES string of the molecule is CC(=O)N1CCc2cc(S(=O)(=O)NCC3(CO)CCCCC3)ccc21. The molecule has 1 heterocycles. The Morgan fingerprint density at radius 1 is 1.28 bits per heavy atom. The van der Waals surface area contributed by atoms with E-state index in [9.17, 15) is 18.3 Å². The molecule has 6 nitrogen and oxygen atoms in total. The van der Waals surface area contributed by atoms with Crippen molar-refractivity contribution in [1.82, 2.24) is 4.72 Å². The molecule has 138 valence electrons. The first-order chi connectivity index (χ1) is 11.9. The van der Waals surface area contributed by atoms with Crippen LogP contribution >= 0.6 is 0 Å². The number of carbonyl (C=O) groups excluding carboxylic acids is 1. The maximum Gasteiger partial charge on any atom is 0.240 e. The summed E-state index contributed by atoms with van der Waals surface area (Å²) in [5.74, 6) is -0.0327. The summed E-state index contributed by atoms with van der Waals surface area (Å²) in [5.41, 5.74) is 1.34. The molecule has 25 heavy (non-hydrogen) atoms. The minimum atomic E-state index is -3.63. The zero-order valence-corrected chi connectivity index (χ0v) is 15.4. The van der Waals surface area contributed by atoms with Crippen LogP contribution in [0.2, 0.25) is 0 Å². The van der Waals surface area contributed by atoms with Gasteiger partial charge in [-0.3, -0.25) is 4.79 Å². The highest BCUT2D eigenvalue weighted by Crippen LogP contribution is 2.36. The number of nitrogens with one attached hydrogen (secondary N) is 1. The van der Waals surface area contributed by atoms with Crippen LogP contribution in [0.15, 0.2) is 23.1 Å². The lowest BCUT2D eigenvalue weighted by Gasteiger charge is -2.35.